The quantitative estimate of drug-likeness (QED) is 0.798. The molecular formula is C18H18Cl2N2O4. The molecule has 2 amide bonds. The molecule has 1 fully saturated rings. The molecular weight excluding hydrogens is 379 g/mol. The lowest BCUT2D eigenvalue weighted by Crippen LogP contribution is -2.54. The second kappa shape index (κ2) is 7.21. The van der Waals surface area contributed by atoms with Gasteiger partial charge in [0.15, 0.2) is 5.76 Å². The SMILES string of the molecule is CC1(NC(=O)O)CCN(C(=O)c2ccc(-c3cccc(Cl)c3Cl)o2)CC1. The Balaban J connectivity index is 1.71. The topological polar surface area (TPSA) is 82.8 Å². The van der Waals surface area contributed by atoms with Crippen LogP contribution in [0, 0.1) is 0 Å². The van der Waals surface area contributed by atoms with Crippen LogP contribution in [0.5, 0.6) is 0 Å². The molecule has 0 unspecified atom stereocenters. The minimum absolute atomic E-state index is 0.214. The van der Waals surface area contributed by atoms with Crippen molar-refractivity contribution in [3.8, 4) is 11.3 Å². The summed E-state index contributed by atoms with van der Waals surface area (Å²) in [6, 6.07) is 8.50. The molecule has 3 rings (SSSR count). The Morgan fingerprint density at radius 1 is 1.19 bits per heavy atom. The number of carboxylic acid groups (broad SMARTS) is 1. The largest absolute Gasteiger partial charge is 0.465 e. The van der Waals surface area contributed by atoms with Crippen LogP contribution < -0.4 is 5.32 Å². The molecule has 0 atom stereocenters. The lowest BCUT2D eigenvalue weighted by molar-refractivity contribution is 0.0626. The molecule has 0 aliphatic carbocycles. The lowest BCUT2D eigenvalue weighted by atomic mass is 9.89. The Bertz CT molecular complexity index is 841. The number of halogens is 2. The first-order valence-corrected chi connectivity index (χ1v) is 8.89. The first-order chi connectivity index (χ1) is 12.3. The third kappa shape index (κ3) is 3.81. The molecule has 0 saturated carbocycles. The van der Waals surface area contributed by atoms with Crippen LogP contribution >= 0.6 is 23.2 Å². The van der Waals surface area contributed by atoms with Crippen molar-refractivity contribution in [1.82, 2.24) is 10.2 Å². The first kappa shape index (κ1) is 18.6. The fourth-order valence-corrected chi connectivity index (χ4v) is 3.43. The fourth-order valence-electron chi connectivity index (χ4n) is 3.03. The number of rotatable bonds is 3. The summed E-state index contributed by atoms with van der Waals surface area (Å²) < 4.78 is 5.69. The molecule has 1 aliphatic rings. The lowest BCUT2D eigenvalue weighted by Gasteiger charge is -2.38. The van der Waals surface area contributed by atoms with Gasteiger partial charge in [0.2, 0.25) is 0 Å². The number of nitrogens with zero attached hydrogens (tertiary/aromatic N) is 1. The zero-order chi connectivity index (χ0) is 18.9. The highest BCUT2D eigenvalue weighted by molar-refractivity contribution is 6.43. The number of nitrogens with one attached hydrogen (secondary N) is 1. The molecule has 2 aromatic rings. The smallest absolute Gasteiger partial charge is 0.405 e. The summed E-state index contributed by atoms with van der Waals surface area (Å²) in [4.78, 5) is 25.2. The van der Waals surface area contributed by atoms with Crippen LogP contribution in [-0.2, 0) is 0 Å². The van der Waals surface area contributed by atoms with Gasteiger partial charge >= 0.3 is 6.09 Å². The van der Waals surface area contributed by atoms with E-state index < -0.39 is 11.6 Å². The van der Waals surface area contributed by atoms with Crippen molar-refractivity contribution in [3.63, 3.8) is 0 Å². The number of carbonyl (C=O) groups excluding carboxylic acids is 1. The van der Waals surface area contributed by atoms with E-state index in [9.17, 15) is 9.59 Å². The van der Waals surface area contributed by atoms with Gasteiger partial charge in [0.05, 0.1) is 10.0 Å². The van der Waals surface area contributed by atoms with Crippen molar-refractivity contribution in [2.75, 3.05) is 13.1 Å². The number of piperidine rings is 1. The molecule has 0 radical (unpaired) electrons. The standard InChI is InChI=1S/C18H18Cl2N2O4/c1-18(21-17(24)25)7-9-22(10-8-18)16(23)14-6-5-13(26-14)11-3-2-4-12(19)15(11)20/h2-6,21H,7-10H2,1H3,(H,24,25). The highest BCUT2D eigenvalue weighted by atomic mass is 35.5. The van der Waals surface area contributed by atoms with Gasteiger partial charge in [-0.3, -0.25) is 4.79 Å². The summed E-state index contributed by atoms with van der Waals surface area (Å²) in [6.45, 7) is 2.74. The van der Waals surface area contributed by atoms with Gasteiger partial charge in [0.1, 0.15) is 5.76 Å². The number of carbonyl (C=O) groups is 2. The van der Waals surface area contributed by atoms with Crippen molar-refractivity contribution >= 4 is 35.2 Å². The second-order valence-corrected chi connectivity index (χ2v) is 7.33. The van der Waals surface area contributed by atoms with E-state index in [0.717, 1.165) is 0 Å². The van der Waals surface area contributed by atoms with E-state index in [1.807, 2.05) is 6.92 Å². The molecule has 8 heteroatoms. The molecule has 138 valence electrons. The van der Waals surface area contributed by atoms with E-state index in [4.69, 9.17) is 32.7 Å². The highest BCUT2D eigenvalue weighted by Crippen LogP contribution is 2.34. The summed E-state index contributed by atoms with van der Waals surface area (Å²) in [5, 5.41) is 12.2. The third-order valence-electron chi connectivity index (χ3n) is 4.60. The highest BCUT2D eigenvalue weighted by Gasteiger charge is 2.34. The van der Waals surface area contributed by atoms with Crippen molar-refractivity contribution < 1.29 is 19.1 Å². The number of furan rings is 1. The summed E-state index contributed by atoms with van der Waals surface area (Å²) in [5.41, 5.74) is 0.0979. The van der Waals surface area contributed by atoms with Gasteiger partial charge in [-0.25, -0.2) is 4.79 Å². The van der Waals surface area contributed by atoms with Gasteiger partial charge in [0, 0.05) is 24.2 Å². The molecule has 6 nitrogen and oxygen atoms in total. The average Bonchev–Trinajstić information content (AvgIpc) is 3.06. The molecule has 0 bridgehead atoms. The Hall–Kier alpha value is -2.18. The van der Waals surface area contributed by atoms with E-state index in [1.54, 1.807) is 35.2 Å². The Kier molecular flexibility index (Phi) is 5.16. The van der Waals surface area contributed by atoms with E-state index in [2.05, 4.69) is 5.32 Å². The van der Waals surface area contributed by atoms with Gasteiger partial charge in [-0.15, -0.1) is 0 Å². The molecule has 26 heavy (non-hydrogen) atoms. The van der Waals surface area contributed by atoms with E-state index >= 15 is 0 Å². The molecule has 2 N–H and O–H groups in total. The van der Waals surface area contributed by atoms with Crippen LogP contribution in [0.3, 0.4) is 0 Å². The second-order valence-electron chi connectivity index (χ2n) is 6.55. The Morgan fingerprint density at radius 2 is 1.88 bits per heavy atom. The maximum atomic E-state index is 12.7. The number of amides is 2. The molecule has 1 aromatic heterocycles. The van der Waals surface area contributed by atoms with Gasteiger partial charge in [0.25, 0.3) is 5.91 Å². The normalized spacial score (nSPS) is 16.3. The molecule has 1 saturated heterocycles. The number of benzene rings is 1. The van der Waals surface area contributed by atoms with Gasteiger partial charge < -0.3 is 19.7 Å². The molecule has 2 heterocycles. The minimum atomic E-state index is -1.05. The van der Waals surface area contributed by atoms with Crippen LogP contribution in [0.25, 0.3) is 11.3 Å². The number of hydrogen-bond donors (Lipinski definition) is 2. The van der Waals surface area contributed by atoms with Crippen LogP contribution in [0.4, 0.5) is 4.79 Å². The fraction of sp³-hybridized carbons (Fsp3) is 0.333. The van der Waals surface area contributed by atoms with Crippen molar-refractivity contribution in [1.29, 1.82) is 0 Å². The van der Waals surface area contributed by atoms with Gasteiger partial charge in [-0.2, -0.15) is 0 Å². The number of likely N-dealkylation sites (tertiary alicyclic amines) is 1. The average molecular weight is 397 g/mol. The van der Waals surface area contributed by atoms with Crippen LogP contribution in [-0.4, -0.2) is 40.6 Å². The zero-order valence-corrected chi connectivity index (χ0v) is 15.6. The summed E-state index contributed by atoms with van der Waals surface area (Å²) in [5.74, 6) is 0.452. The van der Waals surface area contributed by atoms with Crippen molar-refractivity contribution in [2.24, 2.45) is 0 Å². The molecule has 0 spiro atoms. The van der Waals surface area contributed by atoms with Gasteiger partial charge in [-0.1, -0.05) is 29.3 Å². The summed E-state index contributed by atoms with van der Waals surface area (Å²) in [7, 11) is 0. The van der Waals surface area contributed by atoms with E-state index in [1.165, 1.54) is 0 Å². The van der Waals surface area contributed by atoms with Gasteiger partial charge in [-0.05, 0) is 44.0 Å². The van der Waals surface area contributed by atoms with Crippen LogP contribution in [0.15, 0.2) is 34.7 Å². The Labute approximate surface area is 160 Å². The van der Waals surface area contributed by atoms with E-state index in [-0.39, 0.29) is 11.7 Å². The van der Waals surface area contributed by atoms with Crippen LogP contribution in [0.1, 0.15) is 30.3 Å². The predicted molar refractivity (Wildman–Crippen MR) is 98.9 cm³/mol. The number of hydrogen-bond acceptors (Lipinski definition) is 3. The zero-order valence-electron chi connectivity index (χ0n) is 14.1. The van der Waals surface area contributed by atoms with Crippen LogP contribution in [0.2, 0.25) is 10.0 Å². The summed E-state index contributed by atoms with van der Waals surface area (Å²) in [6.07, 6.45) is 0.0265. The maximum absolute atomic E-state index is 12.7. The molecule has 1 aromatic carbocycles. The van der Waals surface area contributed by atoms with Crippen molar-refractivity contribution in [2.45, 2.75) is 25.3 Å². The third-order valence-corrected chi connectivity index (χ3v) is 5.42. The Morgan fingerprint density at radius 3 is 2.54 bits per heavy atom. The van der Waals surface area contributed by atoms with E-state index in [0.29, 0.717) is 47.3 Å². The monoisotopic (exact) mass is 396 g/mol. The minimum Gasteiger partial charge on any atom is -0.465 e. The predicted octanol–water partition coefficient (Wildman–Crippen LogP) is 4.52. The summed E-state index contributed by atoms with van der Waals surface area (Å²) >= 11 is 12.2. The first-order valence-electron chi connectivity index (χ1n) is 8.14. The maximum Gasteiger partial charge on any atom is 0.405 e. The van der Waals surface area contributed by atoms with Crippen molar-refractivity contribution in [3.05, 3.63) is 46.1 Å². The molecule has 1 aliphatic heterocycles.